The van der Waals surface area contributed by atoms with E-state index in [1.165, 1.54) is 11.0 Å². The zero-order valence-corrected chi connectivity index (χ0v) is 27.0. The van der Waals surface area contributed by atoms with Crippen LogP contribution in [0.3, 0.4) is 0 Å². The number of benzene rings is 2. The molecular formula is C29H40FN4O8P2+. The number of nitrogens with one attached hydrogen (secondary N) is 2. The van der Waals surface area contributed by atoms with Gasteiger partial charge in [-0.2, -0.15) is 0 Å². The van der Waals surface area contributed by atoms with Crippen LogP contribution in [0.15, 0.2) is 42.5 Å². The fourth-order valence-electron chi connectivity index (χ4n) is 4.78. The van der Waals surface area contributed by atoms with Crippen LogP contribution in [-0.4, -0.2) is 82.8 Å². The molecular weight excluding hydrogens is 613 g/mol. The van der Waals surface area contributed by atoms with Gasteiger partial charge in [0, 0.05) is 25.2 Å². The molecule has 3 atom stereocenters. The van der Waals surface area contributed by atoms with Crippen molar-refractivity contribution in [3.63, 3.8) is 0 Å². The SMILES string of the molecule is CCOP(OCC)C(Cc1ccc(NC(=O)NC[C@H]2CN(c3ccc(N4CCOCC4)c(F)c3)C(=O)O2)cc1)[P+](=O)OCC. The van der Waals surface area contributed by atoms with E-state index in [9.17, 15) is 18.5 Å². The number of hydrogen-bond donors (Lipinski definition) is 2. The Morgan fingerprint density at radius 2 is 1.80 bits per heavy atom. The minimum absolute atomic E-state index is 0.0745. The van der Waals surface area contributed by atoms with Gasteiger partial charge in [0.15, 0.2) is 0 Å². The van der Waals surface area contributed by atoms with Crippen molar-refractivity contribution in [3.05, 3.63) is 53.8 Å². The van der Waals surface area contributed by atoms with Gasteiger partial charge in [0.1, 0.15) is 11.9 Å². The molecule has 0 saturated carbocycles. The molecule has 0 bridgehead atoms. The van der Waals surface area contributed by atoms with Gasteiger partial charge in [0.2, 0.25) is 8.38 Å². The number of hydrogen-bond acceptors (Lipinski definition) is 9. The van der Waals surface area contributed by atoms with E-state index in [0.29, 0.717) is 69.6 Å². The minimum atomic E-state index is -2.00. The highest BCUT2D eigenvalue weighted by Crippen LogP contribution is 2.56. The molecule has 4 rings (SSSR count). The molecule has 240 valence electrons. The van der Waals surface area contributed by atoms with Gasteiger partial charge in [-0.3, -0.25) is 4.90 Å². The van der Waals surface area contributed by atoms with Gasteiger partial charge in [-0.25, -0.2) is 14.0 Å². The van der Waals surface area contributed by atoms with Crippen molar-refractivity contribution in [2.45, 2.75) is 38.7 Å². The highest BCUT2D eigenvalue weighted by molar-refractivity contribution is 7.63. The number of rotatable bonds is 15. The second-order valence-corrected chi connectivity index (χ2v) is 13.5. The lowest BCUT2D eigenvalue weighted by molar-refractivity contribution is 0.122. The largest absolute Gasteiger partial charge is 0.521 e. The zero-order valence-electron chi connectivity index (χ0n) is 25.2. The van der Waals surface area contributed by atoms with E-state index in [2.05, 4.69) is 10.6 Å². The fourth-order valence-corrected chi connectivity index (χ4v) is 8.07. The number of amides is 3. The summed E-state index contributed by atoms with van der Waals surface area (Å²) in [5.74, 6) is -0.424. The molecule has 12 nitrogen and oxygen atoms in total. The summed E-state index contributed by atoms with van der Waals surface area (Å²) in [7, 11) is -3.41. The summed E-state index contributed by atoms with van der Waals surface area (Å²) in [5, 5.41) is 5.04. The minimum Gasteiger partial charge on any atom is -0.442 e. The maximum absolute atomic E-state index is 14.9. The topological polar surface area (TPSA) is 128 Å². The molecule has 2 saturated heterocycles. The molecule has 0 aliphatic carbocycles. The summed E-state index contributed by atoms with van der Waals surface area (Å²) in [6.45, 7) is 9.24. The van der Waals surface area contributed by atoms with Crippen LogP contribution in [-0.2, 0) is 34.0 Å². The standard InChI is InChI=1S/C29H39FN4O8P2/c1-4-39-43(37)27(44(40-5-2)41-6-3)17-21-7-9-22(10-8-21)32-28(35)31-19-24-20-34(29(36)42-24)23-11-12-26(25(30)18-23)33-13-15-38-16-14-33/h7-12,18,24,27H,4-6,13-17,19-20H2,1-3H3,(H-,31,32,35)/p+1/t24-,27?/m0/s1. The van der Waals surface area contributed by atoms with Crippen LogP contribution in [0.5, 0.6) is 0 Å². The average Bonchev–Trinajstić information content (AvgIpc) is 3.40. The van der Waals surface area contributed by atoms with Crippen molar-refractivity contribution in [1.29, 1.82) is 0 Å². The van der Waals surface area contributed by atoms with E-state index >= 15 is 0 Å². The molecule has 2 aliphatic rings. The third-order valence-corrected chi connectivity index (χ3v) is 10.9. The van der Waals surface area contributed by atoms with Gasteiger partial charge < -0.3 is 34.1 Å². The highest BCUT2D eigenvalue weighted by Gasteiger charge is 2.42. The molecule has 2 heterocycles. The van der Waals surface area contributed by atoms with Crippen LogP contribution in [0.25, 0.3) is 0 Å². The van der Waals surface area contributed by atoms with Gasteiger partial charge in [-0.1, -0.05) is 12.1 Å². The Labute approximate surface area is 259 Å². The molecule has 44 heavy (non-hydrogen) atoms. The van der Waals surface area contributed by atoms with E-state index in [-0.39, 0.29) is 13.1 Å². The van der Waals surface area contributed by atoms with Gasteiger partial charge in [0.05, 0.1) is 57.5 Å². The number of nitrogens with zero attached hydrogens (tertiary/aromatic N) is 2. The lowest BCUT2D eigenvalue weighted by Gasteiger charge is -2.29. The first-order valence-electron chi connectivity index (χ1n) is 14.7. The Balaban J connectivity index is 1.27. The van der Waals surface area contributed by atoms with Crippen LogP contribution >= 0.6 is 16.4 Å². The molecule has 15 heteroatoms. The number of cyclic esters (lactones) is 1. The molecule has 2 aromatic carbocycles. The number of ether oxygens (including phenoxy) is 2. The van der Waals surface area contributed by atoms with Crippen LogP contribution in [0.1, 0.15) is 26.3 Å². The summed E-state index contributed by atoms with van der Waals surface area (Å²) in [5.41, 5.74) is 2.30. The van der Waals surface area contributed by atoms with E-state index in [0.717, 1.165) is 5.56 Å². The number of carbonyl (C=O) groups excluding carboxylic acids is 2. The molecule has 0 radical (unpaired) electrons. The number of anilines is 3. The molecule has 2 N–H and O–H groups in total. The fraction of sp³-hybridized carbons (Fsp3) is 0.517. The summed E-state index contributed by atoms with van der Waals surface area (Å²) in [4.78, 5) is 28.3. The monoisotopic (exact) mass is 653 g/mol. The number of urea groups is 1. The van der Waals surface area contributed by atoms with Crippen molar-refractivity contribution in [2.24, 2.45) is 0 Å². The van der Waals surface area contributed by atoms with Gasteiger partial charge >= 0.3 is 20.2 Å². The number of halogens is 1. The second kappa shape index (κ2) is 17.0. The summed E-state index contributed by atoms with van der Waals surface area (Å²) in [6, 6.07) is 11.4. The van der Waals surface area contributed by atoms with Crippen LogP contribution in [0.4, 0.5) is 31.0 Å². The second-order valence-electron chi connectivity index (χ2n) is 9.89. The predicted molar refractivity (Wildman–Crippen MR) is 167 cm³/mol. The van der Waals surface area contributed by atoms with E-state index in [4.69, 9.17) is 23.0 Å². The van der Waals surface area contributed by atoms with Crippen LogP contribution in [0, 0.1) is 5.82 Å². The molecule has 0 spiro atoms. The van der Waals surface area contributed by atoms with Crippen molar-refractivity contribution in [2.75, 3.05) is 74.3 Å². The maximum atomic E-state index is 14.9. The Bertz CT molecular complexity index is 1260. The van der Waals surface area contributed by atoms with Crippen molar-refractivity contribution in [3.8, 4) is 0 Å². The zero-order chi connectivity index (χ0) is 31.5. The quantitative estimate of drug-likeness (QED) is 0.228. The average molecular weight is 654 g/mol. The van der Waals surface area contributed by atoms with E-state index in [1.807, 2.05) is 30.9 Å². The van der Waals surface area contributed by atoms with Crippen LogP contribution in [0.2, 0.25) is 0 Å². The number of carbonyl (C=O) groups is 2. The number of morpholine rings is 1. The first-order chi connectivity index (χ1) is 21.3. The Kier molecular flexibility index (Phi) is 13.1. The summed E-state index contributed by atoms with van der Waals surface area (Å²) in [6.07, 6.45) is -0.781. The molecule has 2 aromatic rings. The van der Waals surface area contributed by atoms with Gasteiger partial charge in [0.25, 0.3) is 5.40 Å². The third-order valence-electron chi connectivity index (χ3n) is 6.84. The lowest BCUT2D eigenvalue weighted by Crippen LogP contribution is -2.37. The van der Waals surface area contributed by atoms with E-state index in [1.54, 1.807) is 31.2 Å². The summed E-state index contributed by atoms with van der Waals surface area (Å²) < 4.78 is 55.3. The van der Waals surface area contributed by atoms with Crippen molar-refractivity contribution >= 4 is 45.6 Å². The summed E-state index contributed by atoms with van der Waals surface area (Å²) >= 11 is 0. The Morgan fingerprint density at radius 1 is 1.09 bits per heavy atom. The van der Waals surface area contributed by atoms with Crippen LogP contribution < -0.4 is 20.4 Å². The van der Waals surface area contributed by atoms with Crippen molar-refractivity contribution in [1.82, 2.24) is 5.32 Å². The molecule has 2 unspecified atom stereocenters. The molecule has 2 fully saturated rings. The molecule has 3 amide bonds. The normalized spacial score (nSPS) is 17.9. The van der Waals surface area contributed by atoms with E-state index < -0.39 is 45.8 Å². The van der Waals surface area contributed by atoms with Gasteiger partial charge in [-0.05, 0) is 61.2 Å². The van der Waals surface area contributed by atoms with Crippen molar-refractivity contribution < 1.29 is 41.6 Å². The van der Waals surface area contributed by atoms with Gasteiger partial charge in [-0.15, -0.1) is 4.52 Å². The Morgan fingerprint density at radius 3 is 2.43 bits per heavy atom. The molecule has 0 aromatic heterocycles. The first-order valence-corrected chi connectivity index (χ1v) is 17.2. The first kappa shape index (κ1) is 34.0. The predicted octanol–water partition coefficient (Wildman–Crippen LogP) is 5.84. The lowest BCUT2D eigenvalue weighted by atomic mass is 10.1. The maximum Gasteiger partial charge on any atom is 0.521 e. The Hall–Kier alpha value is -2.92. The highest BCUT2D eigenvalue weighted by atomic mass is 31.2. The molecule has 2 aliphatic heterocycles. The third kappa shape index (κ3) is 9.30. The smallest absolute Gasteiger partial charge is 0.442 e.